The number of thioether (sulfide) groups is 1. The van der Waals surface area contributed by atoms with E-state index < -0.39 is 5.97 Å². The highest BCUT2D eigenvalue weighted by atomic mass is 32.2. The molecule has 0 amide bonds. The van der Waals surface area contributed by atoms with E-state index in [0.717, 1.165) is 0 Å². The van der Waals surface area contributed by atoms with Crippen LogP contribution in [0.5, 0.6) is 5.75 Å². The first-order chi connectivity index (χ1) is 9.11. The van der Waals surface area contributed by atoms with Crippen LogP contribution in [0.4, 0.5) is 11.5 Å². The van der Waals surface area contributed by atoms with Crippen LogP contribution in [0.15, 0.2) is 35.4 Å². The van der Waals surface area contributed by atoms with Gasteiger partial charge in [0.25, 0.3) is 0 Å². The quantitative estimate of drug-likeness (QED) is 0.583. The maximum Gasteiger partial charge on any atom is 0.339 e. The van der Waals surface area contributed by atoms with E-state index in [1.165, 1.54) is 23.9 Å². The number of hydrogen-bond acceptors (Lipinski definition) is 6. The molecule has 0 aliphatic carbocycles. The number of anilines is 2. The number of aromatic nitrogens is 2. The molecular weight excluding hydrogens is 266 g/mol. The van der Waals surface area contributed by atoms with Crippen LogP contribution in [0.2, 0.25) is 0 Å². The fraction of sp³-hybridized carbons (Fsp3) is 0.0833. The molecule has 3 N–H and O–H groups in total. The van der Waals surface area contributed by atoms with Gasteiger partial charge in [-0.1, -0.05) is 12.1 Å². The molecule has 0 unspecified atom stereocenters. The smallest absolute Gasteiger partial charge is 0.339 e. The number of carboxylic acid groups (broad SMARTS) is 1. The van der Waals surface area contributed by atoms with Gasteiger partial charge >= 0.3 is 5.97 Å². The largest absolute Gasteiger partial charge is 0.506 e. The first kappa shape index (κ1) is 13.2. The summed E-state index contributed by atoms with van der Waals surface area (Å²) in [5, 5.41) is 29.8. The fourth-order valence-electron chi connectivity index (χ4n) is 1.44. The minimum atomic E-state index is -1.11. The van der Waals surface area contributed by atoms with Crippen molar-refractivity contribution in [1.82, 2.24) is 10.2 Å². The lowest BCUT2D eigenvalue weighted by atomic mass is 10.2. The Kier molecular flexibility index (Phi) is 3.86. The molecule has 7 heteroatoms. The summed E-state index contributed by atoms with van der Waals surface area (Å²) < 4.78 is 0. The Labute approximate surface area is 113 Å². The lowest BCUT2D eigenvalue weighted by Crippen LogP contribution is -2.07. The first-order valence-corrected chi connectivity index (χ1v) is 6.54. The van der Waals surface area contributed by atoms with Gasteiger partial charge in [-0.2, -0.15) is 0 Å². The highest BCUT2D eigenvalue weighted by Crippen LogP contribution is 2.27. The summed E-state index contributed by atoms with van der Waals surface area (Å²) in [7, 11) is 0. The van der Waals surface area contributed by atoms with E-state index >= 15 is 0 Å². The van der Waals surface area contributed by atoms with E-state index in [1.54, 1.807) is 24.5 Å². The predicted octanol–water partition coefficient (Wildman–Crippen LogP) is 2.35. The Bertz CT molecular complexity index is 619. The minimum absolute atomic E-state index is 0.00241. The Morgan fingerprint density at radius 3 is 2.68 bits per heavy atom. The van der Waals surface area contributed by atoms with Crippen LogP contribution in [-0.2, 0) is 0 Å². The van der Waals surface area contributed by atoms with E-state index in [2.05, 4.69) is 15.5 Å². The van der Waals surface area contributed by atoms with Crippen LogP contribution in [0, 0.1) is 0 Å². The molecule has 6 nitrogen and oxygen atoms in total. The average molecular weight is 277 g/mol. The molecular formula is C12H11N3O3S. The van der Waals surface area contributed by atoms with E-state index in [9.17, 15) is 9.90 Å². The summed E-state index contributed by atoms with van der Waals surface area (Å²) in [4.78, 5) is 11.2. The second-order valence-electron chi connectivity index (χ2n) is 3.60. The molecule has 0 radical (unpaired) electrons. The Balaban J connectivity index is 2.40. The molecule has 98 valence electrons. The van der Waals surface area contributed by atoms with Gasteiger partial charge < -0.3 is 15.5 Å². The number of nitrogens with one attached hydrogen (secondary N) is 1. The van der Waals surface area contributed by atoms with Crippen molar-refractivity contribution in [1.29, 1.82) is 0 Å². The monoisotopic (exact) mass is 277 g/mol. The minimum Gasteiger partial charge on any atom is -0.506 e. The van der Waals surface area contributed by atoms with Crippen molar-refractivity contribution in [2.24, 2.45) is 0 Å². The van der Waals surface area contributed by atoms with E-state index in [1.807, 2.05) is 0 Å². The van der Waals surface area contributed by atoms with Gasteiger partial charge in [0.15, 0.2) is 5.82 Å². The SMILES string of the molecule is CSc1cc(C(=O)O)c(Nc2ccccc2O)nn1. The van der Waals surface area contributed by atoms with Crippen molar-refractivity contribution in [3.63, 3.8) is 0 Å². The van der Waals surface area contributed by atoms with Gasteiger partial charge in [0.05, 0.1) is 5.69 Å². The molecule has 0 fully saturated rings. The molecule has 1 aromatic carbocycles. The average Bonchev–Trinajstić information content (AvgIpc) is 2.41. The Morgan fingerprint density at radius 2 is 2.05 bits per heavy atom. The maximum atomic E-state index is 11.2. The molecule has 1 heterocycles. The van der Waals surface area contributed by atoms with Crippen molar-refractivity contribution in [3.8, 4) is 5.75 Å². The number of benzene rings is 1. The molecule has 0 spiro atoms. The van der Waals surface area contributed by atoms with Gasteiger partial charge in [0.2, 0.25) is 0 Å². The number of nitrogens with zero attached hydrogens (tertiary/aromatic N) is 2. The number of phenolic OH excluding ortho intramolecular Hbond substituents is 1. The second kappa shape index (κ2) is 5.57. The van der Waals surface area contributed by atoms with Crippen molar-refractivity contribution >= 4 is 29.2 Å². The Hall–Kier alpha value is -2.28. The predicted molar refractivity (Wildman–Crippen MR) is 72.2 cm³/mol. The van der Waals surface area contributed by atoms with Gasteiger partial charge in [0.1, 0.15) is 16.3 Å². The number of phenols is 1. The normalized spacial score (nSPS) is 10.2. The van der Waals surface area contributed by atoms with Crippen molar-refractivity contribution in [2.45, 2.75) is 5.03 Å². The molecule has 19 heavy (non-hydrogen) atoms. The van der Waals surface area contributed by atoms with Gasteiger partial charge in [0, 0.05) is 0 Å². The summed E-state index contributed by atoms with van der Waals surface area (Å²) >= 11 is 1.30. The summed E-state index contributed by atoms with van der Waals surface area (Å²) in [5.74, 6) is -1.01. The molecule has 0 aliphatic rings. The van der Waals surface area contributed by atoms with Crippen molar-refractivity contribution < 1.29 is 15.0 Å². The number of carboxylic acids is 1. The van der Waals surface area contributed by atoms with Gasteiger partial charge in [-0.25, -0.2) is 4.79 Å². The van der Waals surface area contributed by atoms with Crippen LogP contribution in [0.25, 0.3) is 0 Å². The number of aromatic carboxylic acids is 1. The van der Waals surface area contributed by atoms with Crippen LogP contribution in [-0.4, -0.2) is 32.6 Å². The number of rotatable bonds is 4. The van der Waals surface area contributed by atoms with E-state index in [-0.39, 0.29) is 17.1 Å². The summed E-state index contributed by atoms with van der Waals surface area (Å²) in [5.41, 5.74) is 0.374. The highest BCUT2D eigenvalue weighted by molar-refractivity contribution is 7.98. The maximum absolute atomic E-state index is 11.2. The van der Waals surface area contributed by atoms with Crippen LogP contribution >= 0.6 is 11.8 Å². The fourth-order valence-corrected chi connectivity index (χ4v) is 1.79. The summed E-state index contributed by atoms with van der Waals surface area (Å²) in [6.45, 7) is 0. The lowest BCUT2D eigenvalue weighted by Gasteiger charge is -2.09. The van der Waals surface area contributed by atoms with Gasteiger partial charge in [-0.05, 0) is 24.5 Å². The molecule has 0 saturated heterocycles. The summed E-state index contributed by atoms with van der Waals surface area (Å²) in [6.07, 6.45) is 1.78. The summed E-state index contributed by atoms with van der Waals surface area (Å²) in [6, 6.07) is 7.92. The topological polar surface area (TPSA) is 95.3 Å². The molecule has 0 aliphatic heterocycles. The molecule has 0 saturated carbocycles. The van der Waals surface area contributed by atoms with Crippen LogP contribution in [0.3, 0.4) is 0 Å². The molecule has 1 aromatic heterocycles. The zero-order valence-corrected chi connectivity index (χ0v) is 10.8. The third kappa shape index (κ3) is 2.94. The van der Waals surface area contributed by atoms with E-state index in [0.29, 0.717) is 10.7 Å². The third-order valence-corrected chi connectivity index (χ3v) is 2.99. The van der Waals surface area contributed by atoms with Gasteiger partial charge in [-0.3, -0.25) is 0 Å². The van der Waals surface area contributed by atoms with Gasteiger partial charge in [-0.15, -0.1) is 22.0 Å². The standard InChI is InChI=1S/C12H11N3O3S/c1-19-10-6-7(12(17)18)11(15-14-10)13-8-4-2-3-5-9(8)16/h2-6,16H,1H3,(H,13,15)(H,17,18). The zero-order valence-electron chi connectivity index (χ0n) is 9.99. The Morgan fingerprint density at radius 1 is 1.32 bits per heavy atom. The molecule has 2 rings (SSSR count). The number of carbonyl (C=O) groups is 1. The second-order valence-corrected chi connectivity index (χ2v) is 4.42. The van der Waals surface area contributed by atoms with Crippen LogP contribution in [0.1, 0.15) is 10.4 Å². The zero-order chi connectivity index (χ0) is 13.8. The third-order valence-electron chi connectivity index (χ3n) is 2.37. The lowest BCUT2D eigenvalue weighted by molar-refractivity contribution is 0.0697. The van der Waals surface area contributed by atoms with E-state index in [4.69, 9.17) is 5.11 Å². The first-order valence-electron chi connectivity index (χ1n) is 5.32. The number of hydrogen-bond donors (Lipinski definition) is 3. The van der Waals surface area contributed by atoms with Crippen LogP contribution < -0.4 is 5.32 Å². The number of para-hydroxylation sites is 2. The molecule has 0 atom stereocenters. The molecule has 2 aromatic rings. The van der Waals surface area contributed by atoms with Crippen molar-refractivity contribution in [2.75, 3.05) is 11.6 Å². The highest BCUT2D eigenvalue weighted by Gasteiger charge is 2.14. The number of aromatic hydroxyl groups is 1. The van der Waals surface area contributed by atoms with Crippen molar-refractivity contribution in [3.05, 3.63) is 35.9 Å². The molecule has 0 bridgehead atoms.